The summed E-state index contributed by atoms with van der Waals surface area (Å²) in [5.41, 5.74) is 4.14. The number of halogens is 1. The Morgan fingerprint density at radius 3 is 2.47 bits per heavy atom. The van der Waals surface area contributed by atoms with E-state index in [9.17, 15) is 9.59 Å². The molecule has 32 heavy (non-hydrogen) atoms. The van der Waals surface area contributed by atoms with E-state index in [0.29, 0.717) is 22.9 Å². The van der Waals surface area contributed by atoms with Crippen molar-refractivity contribution >= 4 is 57.6 Å². The molecule has 0 saturated heterocycles. The highest BCUT2D eigenvalue weighted by Gasteiger charge is 2.14. The fourth-order valence-corrected chi connectivity index (χ4v) is 4.30. The van der Waals surface area contributed by atoms with Crippen LogP contribution in [-0.2, 0) is 16.1 Å². The third-order valence-corrected chi connectivity index (χ3v) is 5.87. The quantitative estimate of drug-likeness (QED) is 0.358. The molecule has 0 aliphatic heterocycles. The van der Waals surface area contributed by atoms with Crippen LogP contribution in [0.25, 0.3) is 11.0 Å². The zero-order chi connectivity index (χ0) is 22.5. The number of amides is 2. The second-order valence-corrected chi connectivity index (χ2v) is 8.58. The molecular formula is C24H21ClN4O2S. The Morgan fingerprint density at radius 2 is 1.72 bits per heavy atom. The number of hydrogen-bond donors (Lipinski definition) is 2. The van der Waals surface area contributed by atoms with E-state index in [1.807, 2.05) is 36.4 Å². The fraction of sp³-hybridized carbons (Fsp3) is 0.125. The molecule has 0 unspecified atom stereocenters. The van der Waals surface area contributed by atoms with Gasteiger partial charge in [-0.2, -0.15) is 0 Å². The third-order valence-electron chi connectivity index (χ3n) is 4.66. The van der Waals surface area contributed by atoms with E-state index in [0.717, 1.165) is 21.8 Å². The van der Waals surface area contributed by atoms with Crippen molar-refractivity contribution in [1.29, 1.82) is 0 Å². The fourth-order valence-electron chi connectivity index (χ4n) is 3.31. The number of nitrogens with one attached hydrogen (secondary N) is 2. The lowest BCUT2D eigenvalue weighted by atomic mass is 10.2. The normalized spacial score (nSPS) is 10.8. The zero-order valence-corrected chi connectivity index (χ0v) is 18.9. The molecule has 8 heteroatoms. The summed E-state index contributed by atoms with van der Waals surface area (Å²) in [5, 5.41) is 6.94. The maximum absolute atomic E-state index is 12.6. The molecule has 4 rings (SSSR count). The molecule has 1 heterocycles. The van der Waals surface area contributed by atoms with Gasteiger partial charge in [-0.3, -0.25) is 9.59 Å². The Labute approximate surface area is 195 Å². The van der Waals surface area contributed by atoms with Gasteiger partial charge in [0.25, 0.3) is 0 Å². The van der Waals surface area contributed by atoms with E-state index in [4.69, 9.17) is 16.6 Å². The number of fused-ring (bicyclic) bond motifs is 1. The summed E-state index contributed by atoms with van der Waals surface area (Å²) in [6, 6.07) is 22.8. The average Bonchev–Trinajstić information content (AvgIpc) is 3.09. The summed E-state index contributed by atoms with van der Waals surface area (Å²) in [6.07, 6.45) is 0. The summed E-state index contributed by atoms with van der Waals surface area (Å²) in [7, 11) is 0. The van der Waals surface area contributed by atoms with Crippen molar-refractivity contribution in [2.75, 3.05) is 16.4 Å². The molecule has 0 atom stereocenters. The Balaban J connectivity index is 1.50. The summed E-state index contributed by atoms with van der Waals surface area (Å²) < 4.78 is 2.09. The number of benzene rings is 3. The lowest BCUT2D eigenvalue weighted by Gasteiger charge is -2.10. The van der Waals surface area contributed by atoms with E-state index < -0.39 is 0 Å². The average molecular weight is 465 g/mol. The summed E-state index contributed by atoms with van der Waals surface area (Å²) in [6.45, 7) is 2.08. The number of hydrogen-bond acceptors (Lipinski definition) is 4. The Hall–Kier alpha value is -3.29. The van der Waals surface area contributed by atoms with Crippen molar-refractivity contribution in [3.05, 3.63) is 83.4 Å². The Morgan fingerprint density at radius 1 is 0.969 bits per heavy atom. The molecule has 0 bridgehead atoms. The van der Waals surface area contributed by atoms with Gasteiger partial charge in [0, 0.05) is 23.3 Å². The van der Waals surface area contributed by atoms with Gasteiger partial charge in [0.05, 0.1) is 23.3 Å². The van der Waals surface area contributed by atoms with Gasteiger partial charge in [0.1, 0.15) is 0 Å². The molecule has 3 aromatic carbocycles. The van der Waals surface area contributed by atoms with Crippen molar-refractivity contribution in [2.45, 2.75) is 18.6 Å². The van der Waals surface area contributed by atoms with Gasteiger partial charge in [-0.1, -0.05) is 59.8 Å². The van der Waals surface area contributed by atoms with Crippen LogP contribution >= 0.6 is 23.4 Å². The number of carbonyl (C=O) groups is 2. The predicted octanol–water partition coefficient (Wildman–Crippen LogP) is 5.43. The molecule has 162 valence electrons. The van der Waals surface area contributed by atoms with Crippen molar-refractivity contribution in [2.24, 2.45) is 0 Å². The second-order valence-electron chi connectivity index (χ2n) is 7.20. The third kappa shape index (κ3) is 5.49. The molecule has 0 spiro atoms. The van der Waals surface area contributed by atoms with Gasteiger partial charge in [0.2, 0.25) is 11.8 Å². The van der Waals surface area contributed by atoms with Crippen molar-refractivity contribution in [3.63, 3.8) is 0 Å². The summed E-state index contributed by atoms with van der Waals surface area (Å²) in [5.74, 6) is -0.135. The summed E-state index contributed by atoms with van der Waals surface area (Å²) >= 11 is 7.52. The van der Waals surface area contributed by atoms with Gasteiger partial charge in [-0.15, -0.1) is 0 Å². The van der Waals surface area contributed by atoms with Crippen LogP contribution in [-0.4, -0.2) is 27.1 Å². The number of thioether (sulfide) groups is 1. The number of nitrogens with zero attached hydrogens (tertiary/aromatic N) is 2. The number of anilines is 2. The van der Waals surface area contributed by atoms with Crippen LogP contribution in [0.4, 0.5) is 11.4 Å². The number of aromatic nitrogens is 2. The monoisotopic (exact) mass is 464 g/mol. The van der Waals surface area contributed by atoms with Crippen molar-refractivity contribution in [3.8, 4) is 0 Å². The van der Waals surface area contributed by atoms with Gasteiger partial charge in [-0.25, -0.2) is 4.98 Å². The van der Waals surface area contributed by atoms with Gasteiger partial charge in [-0.05, 0) is 42.0 Å². The van der Waals surface area contributed by atoms with E-state index in [1.54, 1.807) is 24.3 Å². The topological polar surface area (TPSA) is 76.0 Å². The second kappa shape index (κ2) is 9.89. The maximum Gasteiger partial charge on any atom is 0.234 e. The highest BCUT2D eigenvalue weighted by atomic mass is 35.5. The smallest absolute Gasteiger partial charge is 0.234 e. The van der Waals surface area contributed by atoms with Gasteiger partial charge >= 0.3 is 0 Å². The molecule has 0 aliphatic carbocycles. The number of carbonyl (C=O) groups excluding carboxylic acids is 2. The minimum atomic E-state index is -0.165. The van der Waals surface area contributed by atoms with E-state index in [-0.39, 0.29) is 17.6 Å². The van der Waals surface area contributed by atoms with Crippen LogP contribution in [0.1, 0.15) is 12.5 Å². The standard InChI is InChI=1S/C24H21ClN4O2S/c1-16(30)26-19-8-5-9-20(13-19)27-23(31)15-32-24-28-21-12-18(25)10-11-22(21)29(24)14-17-6-3-2-4-7-17/h2-13H,14-15H2,1H3,(H,26,30)(H,27,31). The lowest BCUT2D eigenvalue weighted by Crippen LogP contribution is -2.15. The summed E-state index contributed by atoms with van der Waals surface area (Å²) in [4.78, 5) is 28.5. The van der Waals surface area contributed by atoms with E-state index >= 15 is 0 Å². The molecule has 2 N–H and O–H groups in total. The molecular weight excluding hydrogens is 444 g/mol. The highest BCUT2D eigenvalue weighted by Crippen LogP contribution is 2.27. The van der Waals surface area contributed by atoms with E-state index in [2.05, 4.69) is 27.3 Å². The maximum atomic E-state index is 12.6. The number of rotatable bonds is 7. The van der Waals surface area contributed by atoms with Gasteiger partial charge in [0.15, 0.2) is 5.16 Å². The zero-order valence-electron chi connectivity index (χ0n) is 17.3. The predicted molar refractivity (Wildman–Crippen MR) is 130 cm³/mol. The van der Waals surface area contributed by atoms with Crippen LogP contribution in [0.2, 0.25) is 5.02 Å². The minimum absolute atomic E-state index is 0.161. The minimum Gasteiger partial charge on any atom is -0.326 e. The SMILES string of the molecule is CC(=O)Nc1cccc(NC(=O)CSc2nc3cc(Cl)ccc3n2Cc2ccccc2)c1. The van der Waals surface area contributed by atoms with Gasteiger partial charge < -0.3 is 15.2 Å². The first-order valence-corrected chi connectivity index (χ1v) is 11.3. The van der Waals surface area contributed by atoms with E-state index in [1.165, 1.54) is 18.7 Å². The molecule has 2 amide bonds. The van der Waals surface area contributed by atoms with Crippen molar-refractivity contribution in [1.82, 2.24) is 9.55 Å². The van der Waals surface area contributed by atoms with Crippen LogP contribution in [0, 0.1) is 0 Å². The highest BCUT2D eigenvalue weighted by molar-refractivity contribution is 7.99. The number of imidazole rings is 1. The van der Waals surface area contributed by atoms with Crippen molar-refractivity contribution < 1.29 is 9.59 Å². The van der Waals surface area contributed by atoms with Crippen LogP contribution in [0.3, 0.4) is 0 Å². The molecule has 4 aromatic rings. The first-order chi connectivity index (χ1) is 15.5. The lowest BCUT2D eigenvalue weighted by molar-refractivity contribution is -0.114. The van der Waals surface area contributed by atoms with Crippen LogP contribution in [0.15, 0.2) is 78.0 Å². The Kier molecular flexibility index (Phi) is 6.78. The molecule has 1 aromatic heterocycles. The van der Waals surface area contributed by atoms with Crippen LogP contribution < -0.4 is 10.6 Å². The molecule has 0 radical (unpaired) electrons. The molecule has 0 aliphatic rings. The Bertz CT molecular complexity index is 1270. The molecule has 6 nitrogen and oxygen atoms in total. The first-order valence-electron chi connectivity index (χ1n) is 9.98. The van der Waals surface area contributed by atoms with Crippen LogP contribution in [0.5, 0.6) is 0 Å². The first kappa shape index (κ1) is 21.9. The molecule has 0 saturated carbocycles. The largest absolute Gasteiger partial charge is 0.326 e. The molecule has 0 fully saturated rings.